The fourth-order valence-electron chi connectivity index (χ4n) is 5.56. The van der Waals surface area contributed by atoms with Gasteiger partial charge >= 0.3 is 0 Å². The molecule has 1 unspecified atom stereocenters. The highest BCUT2D eigenvalue weighted by atomic mass is 35.5. The molecule has 1 aliphatic heterocycles. The van der Waals surface area contributed by atoms with Gasteiger partial charge in [0.1, 0.15) is 24.2 Å². The van der Waals surface area contributed by atoms with Gasteiger partial charge in [-0.2, -0.15) is 5.26 Å². The van der Waals surface area contributed by atoms with Crippen molar-refractivity contribution in [2.45, 2.75) is 19.1 Å². The maximum absolute atomic E-state index is 14.4. The van der Waals surface area contributed by atoms with Crippen molar-refractivity contribution in [1.82, 2.24) is 14.9 Å². The van der Waals surface area contributed by atoms with Crippen LogP contribution in [0, 0.1) is 17.1 Å². The van der Waals surface area contributed by atoms with Crippen molar-refractivity contribution in [2.75, 3.05) is 24.5 Å². The Bertz CT molecular complexity index is 1810. The Morgan fingerprint density at radius 1 is 1.00 bits per heavy atom. The molecule has 220 valence electrons. The lowest BCUT2D eigenvalue weighted by atomic mass is 9.99. The highest BCUT2D eigenvalue weighted by Crippen LogP contribution is 2.37. The van der Waals surface area contributed by atoms with Crippen LogP contribution >= 0.6 is 11.6 Å². The third-order valence-corrected chi connectivity index (χ3v) is 8.03. The number of nitrogens with zero attached hydrogens (tertiary/aromatic N) is 4. The molecule has 0 saturated carbocycles. The van der Waals surface area contributed by atoms with Crippen LogP contribution in [-0.2, 0) is 17.8 Å². The number of ether oxygens (including phenoxy) is 1. The molecule has 6 rings (SSSR count). The Balaban J connectivity index is 1.23. The lowest BCUT2D eigenvalue weighted by Gasteiger charge is -2.39. The van der Waals surface area contributed by atoms with E-state index >= 15 is 0 Å². The van der Waals surface area contributed by atoms with Gasteiger partial charge in [-0.15, -0.1) is 0 Å². The van der Waals surface area contributed by atoms with Crippen LogP contribution < -0.4 is 9.64 Å². The van der Waals surface area contributed by atoms with E-state index in [0.29, 0.717) is 31.1 Å². The van der Waals surface area contributed by atoms with Gasteiger partial charge in [0.2, 0.25) is 5.91 Å². The molecular formula is C35H29ClFN5O2. The van der Waals surface area contributed by atoms with Crippen molar-refractivity contribution in [2.24, 2.45) is 0 Å². The Labute approximate surface area is 260 Å². The number of carbonyl (C=O) groups is 1. The second kappa shape index (κ2) is 13.1. The molecule has 44 heavy (non-hydrogen) atoms. The van der Waals surface area contributed by atoms with Crippen LogP contribution in [-0.4, -0.2) is 40.4 Å². The van der Waals surface area contributed by atoms with Crippen molar-refractivity contribution in [3.8, 4) is 22.9 Å². The number of rotatable bonds is 9. The summed E-state index contributed by atoms with van der Waals surface area (Å²) in [4.78, 5) is 25.0. The average Bonchev–Trinajstić information content (AvgIpc) is 3.58. The maximum Gasteiger partial charge on any atom is 0.241 e. The second-order valence-electron chi connectivity index (χ2n) is 10.6. The number of hydrogen-bond donors (Lipinski definition) is 1. The summed E-state index contributed by atoms with van der Waals surface area (Å²) in [6.45, 7) is 1.60. The first-order valence-electron chi connectivity index (χ1n) is 14.3. The van der Waals surface area contributed by atoms with Crippen molar-refractivity contribution < 1.29 is 13.9 Å². The van der Waals surface area contributed by atoms with Crippen LogP contribution in [0.3, 0.4) is 0 Å². The molecule has 9 heteroatoms. The van der Waals surface area contributed by atoms with Gasteiger partial charge in [0, 0.05) is 29.9 Å². The number of imidazole rings is 1. The molecule has 1 aliphatic rings. The van der Waals surface area contributed by atoms with Crippen molar-refractivity contribution in [3.05, 3.63) is 137 Å². The van der Waals surface area contributed by atoms with E-state index in [1.807, 2.05) is 78.9 Å². The average molecular weight is 606 g/mol. The number of amides is 1. The molecule has 1 atom stereocenters. The SMILES string of the molecule is N#Cc1ccc(CC(c2cnc[nH]2)N2CCN(c3cc(Cl)ccc3-c3cccc(OCc4ccccc4)c3)C(=O)C2)cc1F. The third kappa shape index (κ3) is 6.50. The van der Waals surface area contributed by atoms with Gasteiger partial charge in [-0.3, -0.25) is 9.69 Å². The van der Waals surface area contributed by atoms with Crippen LogP contribution in [0.25, 0.3) is 11.1 Å². The summed E-state index contributed by atoms with van der Waals surface area (Å²) < 4.78 is 20.5. The molecular weight excluding hydrogens is 577 g/mol. The van der Waals surface area contributed by atoms with Crippen LogP contribution in [0.4, 0.5) is 10.1 Å². The second-order valence-corrected chi connectivity index (χ2v) is 11.1. The molecule has 4 aromatic carbocycles. The Kier molecular flexibility index (Phi) is 8.69. The molecule has 0 bridgehead atoms. The van der Waals surface area contributed by atoms with Crippen LogP contribution in [0.15, 0.2) is 104 Å². The summed E-state index contributed by atoms with van der Waals surface area (Å²) in [5.74, 6) is 0.0917. The summed E-state index contributed by atoms with van der Waals surface area (Å²) >= 11 is 6.46. The molecule has 0 radical (unpaired) electrons. The van der Waals surface area contributed by atoms with E-state index in [-0.39, 0.29) is 24.1 Å². The summed E-state index contributed by atoms with van der Waals surface area (Å²) in [6.07, 6.45) is 3.76. The highest BCUT2D eigenvalue weighted by Gasteiger charge is 2.32. The van der Waals surface area contributed by atoms with Crippen molar-refractivity contribution in [3.63, 3.8) is 0 Å². The van der Waals surface area contributed by atoms with Crippen LogP contribution in [0.1, 0.15) is 28.4 Å². The topological polar surface area (TPSA) is 85.2 Å². The first-order valence-corrected chi connectivity index (χ1v) is 14.6. The number of nitrogens with one attached hydrogen (secondary N) is 1. The zero-order valence-electron chi connectivity index (χ0n) is 23.8. The van der Waals surface area contributed by atoms with Gasteiger partial charge in [0.25, 0.3) is 0 Å². The van der Waals surface area contributed by atoms with Gasteiger partial charge in [-0.1, -0.05) is 66.2 Å². The zero-order valence-corrected chi connectivity index (χ0v) is 24.5. The van der Waals surface area contributed by atoms with E-state index in [0.717, 1.165) is 39.4 Å². The maximum atomic E-state index is 14.4. The number of carbonyl (C=O) groups excluding carboxylic acids is 1. The Hall–Kier alpha value is -4.97. The molecule has 7 nitrogen and oxygen atoms in total. The number of halogens is 2. The molecule has 0 aliphatic carbocycles. The molecule has 1 fully saturated rings. The molecule has 1 amide bonds. The Morgan fingerprint density at radius 2 is 1.86 bits per heavy atom. The molecule has 1 saturated heterocycles. The van der Waals surface area contributed by atoms with Crippen molar-refractivity contribution >= 4 is 23.2 Å². The molecule has 1 aromatic heterocycles. The number of aromatic amines is 1. The lowest BCUT2D eigenvalue weighted by molar-refractivity contribution is -0.122. The molecule has 5 aromatic rings. The van der Waals surface area contributed by atoms with E-state index in [9.17, 15) is 9.18 Å². The van der Waals surface area contributed by atoms with E-state index in [2.05, 4.69) is 14.9 Å². The van der Waals surface area contributed by atoms with E-state index in [1.165, 1.54) is 12.1 Å². The van der Waals surface area contributed by atoms with Gasteiger partial charge in [0.15, 0.2) is 0 Å². The van der Waals surface area contributed by atoms with Crippen LogP contribution in [0.5, 0.6) is 5.75 Å². The Morgan fingerprint density at radius 3 is 2.61 bits per heavy atom. The van der Waals surface area contributed by atoms with E-state index < -0.39 is 5.82 Å². The number of piperazine rings is 1. The predicted octanol–water partition coefficient (Wildman–Crippen LogP) is 6.95. The summed E-state index contributed by atoms with van der Waals surface area (Å²) in [5, 5.41) is 9.65. The molecule has 2 heterocycles. The number of aromatic nitrogens is 2. The quantitative estimate of drug-likeness (QED) is 0.196. The third-order valence-electron chi connectivity index (χ3n) is 7.80. The van der Waals surface area contributed by atoms with Crippen molar-refractivity contribution in [1.29, 1.82) is 5.26 Å². The zero-order chi connectivity index (χ0) is 30.5. The normalized spacial score (nSPS) is 14.3. The summed E-state index contributed by atoms with van der Waals surface area (Å²) in [7, 11) is 0. The summed E-state index contributed by atoms with van der Waals surface area (Å²) in [5.41, 5.74) is 5.14. The number of anilines is 1. The van der Waals surface area contributed by atoms with Gasteiger partial charge in [0.05, 0.1) is 35.9 Å². The highest BCUT2D eigenvalue weighted by molar-refractivity contribution is 6.31. The largest absolute Gasteiger partial charge is 0.489 e. The molecule has 1 N–H and O–H groups in total. The number of benzene rings is 4. The molecule has 0 spiro atoms. The van der Waals surface area contributed by atoms with Gasteiger partial charge < -0.3 is 14.6 Å². The van der Waals surface area contributed by atoms with Crippen LogP contribution in [0.2, 0.25) is 5.02 Å². The smallest absolute Gasteiger partial charge is 0.241 e. The minimum atomic E-state index is -0.558. The fourth-order valence-corrected chi connectivity index (χ4v) is 5.73. The lowest BCUT2D eigenvalue weighted by Crippen LogP contribution is -2.52. The van der Waals surface area contributed by atoms with E-state index in [4.69, 9.17) is 21.6 Å². The first-order chi connectivity index (χ1) is 21.5. The fraction of sp³-hybridized carbons (Fsp3) is 0.171. The number of nitriles is 1. The number of H-pyrrole nitrogens is 1. The minimum Gasteiger partial charge on any atom is -0.489 e. The summed E-state index contributed by atoms with van der Waals surface area (Å²) in [6, 6.07) is 29.6. The number of hydrogen-bond acceptors (Lipinski definition) is 5. The van der Waals surface area contributed by atoms with E-state index in [1.54, 1.807) is 23.5 Å². The van der Waals surface area contributed by atoms with Gasteiger partial charge in [-0.05, 0) is 59.5 Å². The monoisotopic (exact) mass is 605 g/mol. The van der Waals surface area contributed by atoms with Gasteiger partial charge in [-0.25, -0.2) is 9.37 Å². The standard InChI is InChI=1S/C35H29ClFN5O2/c36-28-11-12-30(26-7-4-8-29(17-26)44-22-24-5-2-1-3-6-24)33(18-28)42-14-13-41(21-35(42)43)34(32-20-39-23-40-32)16-25-9-10-27(19-38)31(37)15-25/h1-12,15,17-18,20,23,34H,13-14,16,21-22H2,(H,39,40). The first kappa shape index (κ1) is 29.1. The predicted molar refractivity (Wildman–Crippen MR) is 168 cm³/mol. The minimum absolute atomic E-state index is 0.00116.